The first kappa shape index (κ1) is 16.1. The molecule has 0 aromatic heterocycles. The van der Waals surface area contributed by atoms with E-state index in [4.69, 9.17) is 4.74 Å². The Balaban J connectivity index is 1.82. The normalized spacial score (nSPS) is 14.1. The molecule has 1 aliphatic heterocycles. The molecule has 0 atom stereocenters. The second kappa shape index (κ2) is 7.22. The van der Waals surface area contributed by atoms with Gasteiger partial charge in [-0.05, 0) is 42.5 Å². The summed E-state index contributed by atoms with van der Waals surface area (Å²) in [6.07, 6.45) is 3.67. The Kier molecular flexibility index (Phi) is 5.06. The van der Waals surface area contributed by atoms with Gasteiger partial charge in [-0.25, -0.2) is 0 Å². The van der Waals surface area contributed by atoms with Gasteiger partial charge in [0.05, 0.1) is 7.11 Å². The Hall–Kier alpha value is -1.74. The number of ether oxygens (including phenoxy) is 1. The number of aryl methyl sites for hydroxylation is 1. The average molecular weight is 372 g/mol. The number of anilines is 1. The van der Waals surface area contributed by atoms with Crippen molar-refractivity contribution < 1.29 is 4.74 Å². The van der Waals surface area contributed by atoms with Crippen molar-refractivity contribution >= 4 is 27.4 Å². The van der Waals surface area contributed by atoms with Crippen LogP contribution in [-0.4, -0.2) is 13.7 Å². The molecule has 1 aliphatic rings. The predicted octanol–water partition coefficient (Wildman–Crippen LogP) is 5.41. The molecule has 0 unspecified atom stereocenters. The summed E-state index contributed by atoms with van der Waals surface area (Å²) in [6.45, 7) is 5.94. The minimum Gasteiger partial charge on any atom is -0.497 e. The van der Waals surface area contributed by atoms with E-state index in [-0.39, 0.29) is 0 Å². The first-order valence-electron chi connectivity index (χ1n) is 8.03. The molecule has 0 N–H and O–H groups in total. The molecule has 0 saturated carbocycles. The van der Waals surface area contributed by atoms with Crippen LogP contribution in [0.1, 0.15) is 29.5 Å². The highest BCUT2D eigenvalue weighted by atomic mass is 79.9. The van der Waals surface area contributed by atoms with E-state index in [1.54, 1.807) is 7.11 Å². The third kappa shape index (κ3) is 3.78. The average Bonchev–Trinajstić information content (AvgIpc) is 2.77. The van der Waals surface area contributed by atoms with Gasteiger partial charge >= 0.3 is 0 Å². The molecule has 0 amide bonds. The van der Waals surface area contributed by atoms with Gasteiger partial charge in [0.15, 0.2) is 0 Å². The van der Waals surface area contributed by atoms with Gasteiger partial charge in [-0.15, -0.1) is 0 Å². The number of rotatable bonds is 4. The lowest BCUT2D eigenvalue weighted by molar-refractivity contribution is 0.371. The van der Waals surface area contributed by atoms with E-state index in [1.165, 1.54) is 36.1 Å². The SMILES string of the molecule is C=C(OC)c1ccc(CN2CCCCc3ccc(Br)cc32)cc1. The van der Waals surface area contributed by atoms with Gasteiger partial charge in [0, 0.05) is 28.8 Å². The molecule has 0 saturated heterocycles. The highest BCUT2D eigenvalue weighted by Gasteiger charge is 2.16. The maximum atomic E-state index is 5.19. The van der Waals surface area contributed by atoms with E-state index in [0.717, 1.165) is 23.1 Å². The summed E-state index contributed by atoms with van der Waals surface area (Å²) in [6, 6.07) is 15.2. The van der Waals surface area contributed by atoms with Crippen molar-refractivity contribution in [2.45, 2.75) is 25.8 Å². The first-order chi connectivity index (χ1) is 11.2. The van der Waals surface area contributed by atoms with Crippen molar-refractivity contribution in [2.75, 3.05) is 18.6 Å². The van der Waals surface area contributed by atoms with Crippen LogP contribution in [0, 0.1) is 0 Å². The Morgan fingerprint density at radius 1 is 1.17 bits per heavy atom. The van der Waals surface area contributed by atoms with Crippen molar-refractivity contribution in [3.05, 3.63) is 70.2 Å². The lowest BCUT2D eigenvalue weighted by Crippen LogP contribution is -2.23. The molecular weight excluding hydrogens is 350 g/mol. The van der Waals surface area contributed by atoms with Gasteiger partial charge in [-0.1, -0.05) is 52.8 Å². The molecule has 1 heterocycles. The number of benzene rings is 2. The van der Waals surface area contributed by atoms with Crippen LogP contribution in [0.2, 0.25) is 0 Å². The minimum atomic E-state index is 0.709. The molecule has 3 rings (SSSR count). The standard InChI is InChI=1S/C20H22BrNO/c1-15(23-2)17-8-6-16(7-9-17)14-22-12-4-3-5-18-10-11-19(21)13-20(18)22/h6-11,13H,1,3-5,12,14H2,2H3. The fourth-order valence-corrected chi connectivity index (χ4v) is 3.43. The van der Waals surface area contributed by atoms with Crippen molar-refractivity contribution in [3.8, 4) is 0 Å². The Bertz CT molecular complexity index is 693. The molecule has 2 aromatic rings. The van der Waals surface area contributed by atoms with Gasteiger partial charge in [0.1, 0.15) is 5.76 Å². The summed E-state index contributed by atoms with van der Waals surface area (Å²) in [5.74, 6) is 0.709. The number of methoxy groups -OCH3 is 1. The molecule has 120 valence electrons. The van der Waals surface area contributed by atoms with Crippen molar-refractivity contribution in [2.24, 2.45) is 0 Å². The molecule has 2 nitrogen and oxygen atoms in total. The van der Waals surface area contributed by atoms with Crippen LogP contribution in [0.5, 0.6) is 0 Å². The van der Waals surface area contributed by atoms with Crippen molar-refractivity contribution in [1.82, 2.24) is 0 Å². The second-order valence-corrected chi connectivity index (χ2v) is 6.89. The van der Waals surface area contributed by atoms with Crippen LogP contribution in [0.25, 0.3) is 5.76 Å². The predicted molar refractivity (Wildman–Crippen MR) is 101 cm³/mol. The second-order valence-electron chi connectivity index (χ2n) is 5.98. The van der Waals surface area contributed by atoms with E-state index < -0.39 is 0 Å². The summed E-state index contributed by atoms with van der Waals surface area (Å²) < 4.78 is 6.34. The van der Waals surface area contributed by atoms with Gasteiger partial charge in [0.2, 0.25) is 0 Å². The zero-order valence-electron chi connectivity index (χ0n) is 13.5. The summed E-state index contributed by atoms with van der Waals surface area (Å²) in [4.78, 5) is 2.49. The van der Waals surface area contributed by atoms with E-state index in [2.05, 4.69) is 69.9 Å². The van der Waals surface area contributed by atoms with E-state index >= 15 is 0 Å². The summed E-state index contributed by atoms with van der Waals surface area (Å²) in [5, 5.41) is 0. The summed E-state index contributed by atoms with van der Waals surface area (Å²) in [7, 11) is 1.66. The molecule has 2 aromatic carbocycles. The highest BCUT2D eigenvalue weighted by molar-refractivity contribution is 9.10. The molecule has 23 heavy (non-hydrogen) atoms. The third-order valence-electron chi connectivity index (χ3n) is 4.41. The molecule has 0 aliphatic carbocycles. The molecule has 3 heteroatoms. The first-order valence-corrected chi connectivity index (χ1v) is 8.82. The Morgan fingerprint density at radius 3 is 2.70 bits per heavy atom. The number of hydrogen-bond donors (Lipinski definition) is 0. The Labute approximate surface area is 146 Å². The van der Waals surface area contributed by atoms with Crippen LogP contribution < -0.4 is 4.90 Å². The lowest BCUT2D eigenvalue weighted by Gasteiger charge is -2.25. The highest BCUT2D eigenvalue weighted by Crippen LogP contribution is 2.30. The van der Waals surface area contributed by atoms with Crippen LogP contribution in [0.4, 0.5) is 5.69 Å². The number of halogens is 1. The van der Waals surface area contributed by atoms with Gasteiger partial charge < -0.3 is 9.64 Å². The Morgan fingerprint density at radius 2 is 1.96 bits per heavy atom. The van der Waals surface area contributed by atoms with Crippen molar-refractivity contribution in [3.63, 3.8) is 0 Å². The maximum absolute atomic E-state index is 5.19. The smallest absolute Gasteiger partial charge is 0.118 e. The van der Waals surface area contributed by atoms with Crippen LogP contribution in [-0.2, 0) is 17.7 Å². The zero-order chi connectivity index (χ0) is 16.2. The largest absolute Gasteiger partial charge is 0.497 e. The lowest BCUT2D eigenvalue weighted by atomic mass is 10.1. The topological polar surface area (TPSA) is 12.5 Å². The molecule has 0 radical (unpaired) electrons. The fourth-order valence-electron chi connectivity index (χ4n) is 3.08. The van der Waals surface area contributed by atoms with Crippen LogP contribution in [0.15, 0.2) is 53.5 Å². The molecule has 0 fully saturated rings. The van der Waals surface area contributed by atoms with Gasteiger partial charge in [0.25, 0.3) is 0 Å². The minimum absolute atomic E-state index is 0.709. The number of nitrogens with zero attached hydrogens (tertiary/aromatic N) is 1. The quantitative estimate of drug-likeness (QED) is 0.666. The van der Waals surface area contributed by atoms with E-state index in [1.807, 2.05) is 0 Å². The van der Waals surface area contributed by atoms with Crippen molar-refractivity contribution in [1.29, 1.82) is 0 Å². The van der Waals surface area contributed by atoms with E-state index in [0.29, 0.717) is 5.76 Å². The van der Waals surface area contributed by atoms with Gasteiger partial charge in [-0.3, -0.25) is 0 Å². The fraction of sp³-hybridized carbons (Fsp3) is 0.300. The van der Waals surface area contributed by atoms with Crippen LogP contribution >= 0.6 is 15.9 Å². The zero-order valence-corrected chi connectivity index (χ0v) is 15.1. The number of fused-ring (bicyclic) bond motifs is 1. The summed E-state index contributed by atoms with van der Waals surface area (Å²) >= 11 is 3.61. The third-order valence-corrected chi connectivity index (χ3v) is 4.90. The van der Waals surface area contributed by atoms with Gasteiger partial charge in [-0.2, -0.15) is 0 Å². The summed E-state index contributed by atoms with van der Waals surface area (Å²) in [5.41, 5.74) is 5.16. The molecule has 0 bridgehead atoms. The molecular formula is C20H22BrNO. The number of hydrogen-bond acceptors (Lipinski definition) is 2. The molecule has 0 spiro atoms. The maximum Gasteiger partial charge on any atom is 0.118 e. The van der Waals surface area contributed by atoms with Crippen LogP contribution in [0.3, 0.4) is 0 Å². The monoisotopic (exact) mass is 371 g/mol. The van der Waals surface area contributed by atoms with E-state index in [9.17, 15) is 0 Å².